The summed E-state index contributed by atoms with van der Waals surface area (Å²) in [6.07, 6.45) is 11.0. The van der Waals surface area contributed by atoms with Crippen molar-refractivity contribution in [3.63, 3.8) is 0 Å². The van der Waals surface area contributed by atoms with Crippen LogP contribution in [-0.4, -0.2) is 12.3 Å². The summed E-state index contributed by atoms with van der Waals surface area (Å²) in [5.41, 5.74) is 0. The zero-order chi connectivity index (χ0) is 16.4. The maximum absolute atomic E-state index is 14.1. The van der Waals surface area contributed by atoms with Crippen molar-refractivity contribution in [2.75, 3.05) is 0 Å². The number of hydrogen-bond donors (Lipinski definition) is 0. The summed E-state index contributed by atoms with van der Waals surface area (Å²) in [7, 11) is 0. The monoisotopic (exact) mass is 326 g/mol. The molecule has 0 aliphatic heterocycles. The van der Waals surface area contributed by atoms with E-state index in [2.05, 4.69) is 6.92 Å². The summed E-state index contributed by atoms with van der Waals surface area (Å²) in [5, 5.41) is 0. The molecule has 0 radical (unpaired) electrons. The van der Waals surface area contributed by atoms with Gasteiger partial charge in [-0.05, 0) is 93.3 Å². The van der Waals surface area contributed by atoms with Gasteiger partial charge in [0.15, 0.2) is 0 Å². The third-order valence-electron chi connectivity index (χ3n) is 7.62. The molecular weight excluding hydrogens is 290 g/mol. The van der Waals surface area contributed by atoms with Gasteiger partial charge in [0.2, 0.25) is 0 Å². The van der Waals surface area contributed by atoms with Crippen LogP contribution in [0.15, 0.2) is 0 Å². The maximum atomic E-state index is 14.1. The Morgan fingerprint density at radius 1 is 0.565 bits per heavy atom. The fraction of sp³-hybridized carbons (Fsp3) is 1.00. The predicted octanol–water partition coefficient (Wildman–Crippen LogP) is 6.73. The van der Waals surface area contributed by atoms with Crippen LogP contribution in [0.3, 0.4) is 0 Å². The van der Waals surface area contributed by atoms with E-state index in [1.165, 1.54) is 51.4 Å². The quantitative estimate of drug-likeness (QED) is 0.493. The van der Waals surface area contributed by atoms with E-state index in [-0.39, 0.29) is 5.92 Å². The van der Waals surface area contributed by atoms with Crippen LogP contribution in [-0.2, 0) is 0 Å². The number of rotatable bonds is 2. The molecule has 0 saturated heterocycles. The molecule has 0 N–H and O–H groups in total. The van der Waals surface area contributed by atoms with Crippen LogP contribution in [0, 0.1) is 35.5 Å². The van der Waals surface area contributed by atoms with Crippen LogP contribution < -0.4 is 0 Å². The van der Waals surface area contributed by atoms with Crippen LogP contribution in [0.1, 0.15) is 84.5 Å². The molecule has 3 saturated carbocycles. The minimum Gasteiger partial charge on any atom is -0.244 e. The smallest absolute Gasteiger partial charge is 0.134 e. The first kappa shape index (κ1) is 17.7. The molecule has 2 heteroatoms. The lowest BCUT2D eigenvalue weighted by molar-refractivity contribution is 0.0921. The second-order valence-corrected chi connectivity index (χ2v) is 9.21. The Hall–Kier alpha value is -0.140. The maximum Gasteiger partial charge on any atom is 0.134 e. The Balaban J connectivity index is 1.48. The van der Waals surface area contributed by atoms with Gasteiger partial charge in [0.25, 0.3) is 0 Å². The van der Waals surface area contributed by atoms with E-state index in [1.54, 1.807) is 0 Å². The highest BCUT2D eigenvalue weighted by Gasteiger charge is 2.38. The Kier molecular flexibility index (Phi) is 6.02. The predicted molar refractivity (Wildman–Crippen MR) is 92.9 cm³/mol. The molecular formula is C21H36F2. The van der Waals surface area contributed by atoms with E-state index >= 15 is 0 Å². The normalized spacial score (nSPS) is 49.6. The topological polar surface area (TPSA) is 0 Å². The molecule has 3 aliphatic rings. The third-order valence-corrected chi connectivity index (χ3v) is 7.62. The Morgan fingerprint density at radius 2 is 1.00 bits per heavy atom. The van der Waals surface area contributed by atoms with E-state index in [0.29, 0.717) is 18.3 Å². The van der Waals surface area contributed by atoms with Crippen molar-refractivity contribution in [2.24, 2.45) is 35.5 Å². The van der Waals surface area contributed by atoms with Gasteiger partial charge in [-0.3, -0.25) is 0 Å². The van der Waals surface area contributed by atoms with E-state index in [0.717, 1.165) is 30.6 Å². The molecule has 134 valence electrons. The van der Waals surface area contributed by atoms with E-state index < -0.39 is 12.3 Å². The molecule has 0 aromatic rings. The highest BCUT2D eigenvalue weighted by molar-refractivity contribution is 4.88. The van der Waals surface area contributed by atoms with Crippen molar-refractivity contribution in [1.82, 2.24) is 0 Å². The van der Waals surface area contributed by atoms with Crippen molar-refractivity contribution in [3.05, 3.63) is 0 Å². The molecule has 0 amide bonds. The molecule has 0 bridgehead atoms. The van der Waals surface area contributed by atoms with Gasteiger partial charge in [0.05, 0.1) is 0 Å². The zero-order valence-electron chi connectivity index (χ0n) is 15.2. The van der Waals surface area contributed by atoms with Crippen LogP contribution in [0.2, 0.25) is 0 Å². The van der Waals surface area contributed by atoms with Gasteiger partial charge in [0.1, 0.15) is 12.3 Å². The van der Waals surface area contributed by atoms with Crippen LogP contribution in [0.4, 0.5) is 8.78 Å². The lowest BCUT2D eigenvalue weighted by Crippen LogP contribution is -2.29. The first-order valence-corrected chi connectivity index (χ1v) is 10.3. The Bertz CT molecular complexity index is 353. The van der Waals surface area contributed by atoms with E-state index in [1.807, 2.05) is 6.92 Å². The second-order valence-electron chi connectivity index (χ2n) is 9.21. The van der Waals surface area contributed by atoms with Crippen LogP contribution in [0.5, 0.6) is 0 Å². The molecule has 3 fully saturated rings. The molecule has 4 atom stereocenters. The summed E-state index contributed by atoms with van der Waals surface area (Å²) < 4.78 is 28.1. The Morgan fingerprint density at radius 3 is 1.57 bits per heavy atom. The first-order valence-electron chi connectivity index (χ1n) is 10.3. The zero-order valence-corrected chi connectivity index (χ0v) is 15.2. The number of alkyl halides is 2. The van der Waals surface area contributed by atoms with Gasteiger partial charge < -0.3 is 0 Å². The molecule has 0 aromatic carbocycles. The van der Waals surface area contributed by atoms with Gasteiger partial charge in [-0.15, -0.1) is 0 Å². The molecule has 3 aliphatic carbocycles. The van der Waals surface area contributed by atoms with E-state index in [4.69, 9.17) is 0 Å². The van der Waals surface area contributed by atoms with Gasteiger partial charge >= 0.3 is 0 Å². The van der Waals surface area contributed by atoms with Crippen molar-refractivity contribution in [3.8, 4) is 0 Å². The van der Waals surface area contributed by atoms with Crippen molar-refractivity contribution >= 4 is 0 Å². The summed E-state index contributed by atoms with van der Waals surface area (Å²) in [4.78, 5) is 0. The van der Waals surface area contributed by atoms with Crippen molar-refractivity contribution in [1.29, 1.82) is 0 Å². The summed E-state index contributed by atoms with van der Waals surface area (Å²) in [6.45, 7) is 4.28. The summed E-state index contributed by atoms with van der Waals surface area (Å²) >= 11 is 0. The molecule has 0 spiro atoms. The molecule has 4 unspecified atom stereocenters. The van der Waals surface area contributed by atoms with E-state index in [9.17, 15) is 8.78 Å². The second kappa shape index (κ2) is 7.83. The average molecular weight is 327 g/mol. The standard InChI is InChI=1S/C21H36F2/c1-14-3-6-16(7-4-14)17-9-11-18(12-10-17)19-8-5-15(2)21(23)20(22)13-19/h14-21H,3-13H2,1-2H3. The molecule has 0 aromatic heterocycles. The molecule has 0 heterocycles. The fourth-order valence-corrected chi connectivity index (χ4v) is 5.80. The van der Waals surface area contributed by atoms with Crippen molar-refractivity contribution < 1.29 is 8.78 Å². The lowest BCUT2D eigenvalue weighted by Gasteiger charge is -2.39. The fourth-order valence-electron chi connectivity index (χ4n) is 5.80. The van der Waals surface area contributed by atoms with Gasteiger partial charge in [-0.1, -0.05) is 26.7 Å². The highest BCUT2D eigenvalue weighted by Crippen LogP contribution is 2.45. The molecule has 0 nitrogen and oxygen atoms in total. The number of halogens is 2. The SMILES string of the molecule is CC1CCC(C2CCC(C3CCC(C)C(F)C(F)C3)CC2)CC1. The minimum atomic E-state index is -1.22. The van der Waals surface area contributed by atoms with Crippen LogP contribution >= 0.6 is 0 Å². The molecule has 23 heavy (non-hydrogen) atoms. The van der Waals surface area contributed by atoms with Gasteiger partial charge in [0, 0.05) is 0 Å². The highest BCUT2D eigenvalue weighted by atomic mass is 19.2. The first-order chi connectivity index (χ1) is 11.0. The summed E-state index contributed by atoms with van der Waals surface area (Å²) in [6, 6.07) is 0. The average Bonchev–Trinajstić information content (AvgIpc) is 2.69. The van der Waals surface area contributed by atoms with Crippen LogP contribution in [0.25, 0.3) is 0 Å². The third kappa shape index (κ3) is 4.28. The number of hydrogen-bond acceptors (Lipinski definition) is 0. The lowest BCUT2D eigenvalue weighted by atomic mass is 9.66. The largest absolute Gasteiger partial charge is 0.244 e. The Labute approximate surface area is 141 Å². The molecule has 3 rings (SSSR count). The van der Waals surface area contributed by atoms with Gasteiger partial charge in [-0.25, -0.2) is 8.78 Å². The summed E-state index contributed by atoms with van der Waals surface area (Å²) in [5.74, 6) is 3.86. The minimum absolute atomic E-state index is 0.0874. The van der Waals surface area contributed by atoms with Crippen molar-refractivity contribution in [2.45, 2.75) is 96.8 Å². The van der Waals surface area contributed by atoms with Gasteiger partial charge in [-0.2, -0.15) is 0 Å².